The fourth-order valence-corrected chi connectivity index (χ4v) is 4.27. The van der Waals surface area contributed by atoms with Gasteiger partial charge in [0.05, 0.1) is 0 Å². The van der Waals surface area contributed by atoms with E-state index in [-0.39, 0.29) is 5.54 Å². The number of likely N-dealkylation sites (N-methyl/N-ethyl adjacent to an activating group) is 1. The van der Waals surface area contributed by atoms with Crippen LogP contribution >= 0.6 is 0 Å². The van der Waals surface area contributed by atoms with E-state index in [9.17, 15) is 0 Å². The molecule has 20 heavy (non-hydrogen) atoms. The molecule has 1 heterocycles. The first-order chi connectivity index (χ1) is 9.61. The molecule has 0 amide bonds. The standard InChI is InChI=1S/C17H35N3/c1-4-20-12-5-10-17(14-18,11-13-20)19(3)16-8-6-15(2)7-9-16/h15-16H,4-14,18H2,1-3H3. The maximum Gasteiger partial charge on any atom is 0.0344 e. The van der Waals surface area contributed by atoms with Crippen LogP contribution in [0.4, 0.5) is 0 Å². The first-order valence-electron chi connectivity index (χ1n) is 8.76. The second-order valence-electron chi connectivity index (χ2n) is 7.24. The molecular weight excluding hydrogens is 246 g/mol. The zero-order valence-electron chi connectivity index (χ0n) is 13.9. The van der Waals surface area contributed by atoms with Crippen molar-refractivity contribution < 1.29 is 0 Å². The summed E-state index contributed by atoms with van der Waals surface area (Å²) in [5.41, 5.74) is 6.53. The SMILES string of the molecule is CCN1CCCC(CN)(N(C)C2CCC(C)CC2)CC1. The largest absolute Gasteiger partial charge is 0.329 e. The van der Waals surface area contributed by atoms with Gasteiger partial charge in [0.15, 0.2) is 0 Å². The molecule has 0 aromatic carbocycles. The Bertz CT molecular complexity index is 286. The van der Waals surface area contributed by atoms with Crippen molar-refractivity contribution in [3.05, 3.63) is 0 Å². The van der Waals surface area contributed by atoms with Crippen LogP contribution in [0, 0.1) is 5.92 Å². The Labute approximate surface area is 125 Å². The number of hydrogen-bond donors (Lipinski definition) is 1. The summed E-state index contributed by atoms with van der Waals surface area (Å²) >= 11 is 0. The second kappa shape index (κ2) is 7.24. The highest BCUT2D eigenvalue weighted by Gasteiger charge is 2.38. The molecule has 2 fully saturated rings. The van der Waals surface area contributed by atoms with Gasteiger partial charge in [0.25, 0.3) is 0 Å². The molecule has 2 N–H and O–H groups in total. The van der Waals surface area contributed by atoms with E-state index in [0.717, 1.165) is 18.5 Å². The van der Waals surface area contributed by atoms with E-state index in [1.165, 1.54) is 64.6 Å². The summed E-state index contributed by atoms with van der Waals surface area (Å²) in [6, 6.07) is 0.767. The van der Waals surface area contributed by atoms with Gasteiger partial charge in [-0.05, 0) is 77.5 Å². The summed E-state index contributed by atoms with van der Waals surface area (Å²) in [6.45, 7) is 9.18. The molecule has 1 aliphatic carbocycles. The quantitative estimate of drug-likeness (QED) is 0.860. The number of rotatable bonds is 4. The maximum atomic E-state index is 6.27. The Morgan fingerprint density at radius 2 is 1.85 bits per heavy atom. The van der Waals surface area contributed by atoms with Gasteiger partial charge in [-0.3, -0.25) is 4.90 Å². The van der Waals surface area contributed by atoms with Gasteiger partial charge in [0, 0.05) is 18.1 Å². The van der Waals surface area contributed by atoms with Crippen LogP contribution in [-0.2, 0) is 0 Å². The average Bonchev–Trinajstić information content (AvgIpc) is 2.70. The summed E-state index contributed by atoms with van der Waals surface area (Å²) in [7, 11) is 2.36. The average molecular weight is 281 g/mol. The van der Waals surface area contributed by atoms with E-state index >= 15 is 0 Å². The van der Waals surface area contributed by atoms with Crippen LogP contribution < -0.4 is 5.73 Å². The molecule has 0 aromatic rings. The normalized spacial score (nSPS) is 37.0. The second-order valence-corrected chi connectivity index (χ2v) is 7.24. The Hall–Kier alpha value is -0.120. The molecule has 2 aliphatic rings. The van der Waals surface area contributed by atoms with Gasteiger partial charge >= 0.3 is 0 Å². The van der Waals surface area contributed by atoms with Crippen LogP contribution in [0.2, 0.25) is 0 Å². The van der Waals surface area contributed by atoms with Crippen LogP contribution in [-0.4, -0.2) is 54.6 Å². The van der Waals surface area contributed by atoms with E-state index in [1.54, 1.807) is 0 Å². The molecule has 1 unspecified atom stereocenters. The van der Waals surface area contributed by atoms with E-state index in [0.29, 0.717) is 0 Å². The van der Waals surface area contributed by atoms with Gasteiger partial charge in [0.1, 0.15) is 0 Å². The van der Waals surface area contributed by atoms with Crippen molar-refractivity contribution in [3.63, 3.8) is 0 Å². The smallest absolute Gasteiger partial charge is 0.0344 e. The summed E-state index contributed by atoms with van der Waals surface area (Å²) in [5, 5.41) is 0. The van der Waals surface area contributed by atoms with Gasteiger partial charge in [-0.2, -0.15) is 0 Å². The topological polar surface area (TPSA) is 32.5 Å². The monoisotopic (exact) mass is 281 g/mol. The maximum absolute atomic E-state index is 6.27. The fraction of sp³-hybridized carbons (Fsp3) is 1.00. The number of nitrogens with zero attached hydrogens (tertiary/aromatic N) is 2. The molecule has 0 radical (unpaired) electrons. The van der Waals surface area contributed by atoms with Gasteiger partial charge in [-0.15, -0.1) is 0 Å². The Balaban J connectivity index is 2.01. The lowest BCUT2D eigenvalue weighted by Crippen LogP contribution is -2.57. The fourth-order valence-electron chi connectivity index (χ4n) is 4.27. The third-order valence-electron chi connectivity index (χ3n) is 6.12. The van der Waals surface area contributed by atoms with Gasteiger partial charge in [-0.1, -0.05) is 13.8 Å². The minimum Gasteiger partial charge on any atom is -0.329 e. The summed E-state index contributed by atoms with van der Waals surface area (Å²) in [5.74, 6) is 0.929. The van der Waals surface area contributed by atoms with Crippen molar-refractivity contribution in [3.8, 4) is 0 Å². The first kappa shape index (κ1) is 16.3. The predicted octanol–water partition coefficient (Wildman–Crippen LogP) is 2.70. The third-order valence-corrected chi connectivity index (χ3v) is 6.12. The molecule has 3 heteroatoms. The van der Waals surface area contributed by atoms with E-state index in [1.807, 2.05) is 0 Å². The first-order valence-corrected chi connectivity index (χ1v) is 8.76. The molecule has 1 atom stereocenters. The highest BCUT2D eigenvalue weighted by Crippen LogP contribution is 2.34. The van der Waals surface area contributed by atoms with Gasteiger partial charge < -0.3 is 10.6 Å². The molecule has 1 aliphatic heterocycles. The van der Waals surface area contributed by atoms with Crippen molar-refractivity contribution in [2.45, 2.75) is 70.4 Å². The highest BCUT2D eigenvalue weighted by atomic mass is 15.2. The van der Waals surface area contributed by atoms with Gasteiger partial charge in [0.2, 0.25) is 0 Å². The van der Waals surface area contributed by atoms with Crippen LogP contribution in [0.1, 0.15) is 58.8 Å². The van der Waals surface area contributed by atoms with Crippen LogP contribution in [0.5, 0.6) is 0 Å². The molecule has 0 aromatic heterocycles. The third kappa shape index (κ3) is 3.55. The molecule has 0 bridgehead atoms. The Kier molecular flexibility index (Phi) is 5.88. The molecule has 1 saturated carbocycles. The summed E-state index contributed by atoms with van der Waals surface area (Å²) in [4.78, 5) is 5.28. The van der Waals surface area contributed by atoms with Crippen molar-refractivity contribution in [1.82, 2.24) is 9.80 Å². The molecule has 1 saturated heterocycles. The molecule has 0 spiro atoms. The van der Waals surface area contributed by atoms with E-state index in [2.05, 4.69) is 30.7 Å². The molecular formula is C17H35N3. The van der Waals surface area contributed by atoms with E-state index < -0.39 is 0 Å². The Morgan fingerprint density at radius 1 is 1.15 bits per heavy atom. The highest BCUT2D eigenvalue weighted by molar-refractivity contribution is 4.96. The minimum absolute atomic E-state index is 0.259. The molecule has 2 rings (SSSR count). The minimum atomic E-state index is 0.259. The van der Waals surface area contributed by atoms with Crippen LogP contribution in [0.15, 0.2) is 0 Å². The van der Waals surface area contributed by atoms with Crippen LogP contribution in [0.3, 0.4) is 0 Å². The van der Waals surface area contributed by atoms with Crippen molar-refractivity contribution in [2.24, 2.45) is 11.7 Å². The predicted molar refractivity (Wildman–Crippen MR) is 86.9 cm³/mol. The number of hydrogen-bond acceptors (Lipinski definition) is 3. The van der Waals surface area contributed by atoms with Crippen LogP contribution in [0.25, 0.3) is 0 Å². The lowest BCUT2D eigenvalue weighted by molar-refractivity contribution is 0.0391. The number of nitrogens with two attached hydrogens (primary N) is 1. The van der Waals surface area contributed by atoms with Gasteiger partial charge in [-0.25, -0.2) is 0 Å². The number of likely N-dealkylation sites (tertiary alicyclic amines) is 1. The zero-order chi connectivity index (χ0) is 14.6. The van der Waals surface area contributed by atoms with Crippen molar-refractivity contribution in [1.29, 1.82) is 0 Å². The van der Waals surface area contributed by atoms with E-state index in [4.69, 9.17) is 5.73 Å². The Morgan fingerprint density at radius 3 is 2.45 bits per heavy atom. The summed E-state index contributed by atoms with van der Waals surface area (Å²) in [6.07, 6.45) is 9.38. The molecule has 118 valence electrons. The lowest BCUT2D eigenvalue weighted by atomic mass is 9.82. The van der Waals surface area contributed by atoms with Crippen molar-refractivity contribution in [2.75, 3.05) is 33.2 Å². The summed E-state index contributed by atoms with van der Waals surface area (Å²) < 4.78 is 0. The lowest BCUT2D eigenvalue weighted by Gasteiger charge is -2.47. The molecule has 3 nitrogen and oxygen atoms in total. The zero-order valence-corrected chi connectivity index (χ0v) is 13.9. The van der Waals surface area contributed by atoms with Crippen molar-refractivity contribution >= 4 is 0 Å².